The van der Waals surface area contributed by atoms with Crippen LogP contribution in [-0.4, -0.2) is 27.1 Å². The van der Waals surface area contributed by atoms with Crippen LogP contribution in [0.1, 0.15) is 11.4 Å². The molecule has 0 atom stereocenters. The molecule has 6 nitrogen and oxygen atoms in total. The Labute approximate surface area is 118 Å². The van der Waals surface area contributed by atoms with Crippen LogP contribution in [0, 0.1) is 5.41 Å². The molecular weight excluding hydrogens is 308 g/mol. The smallest absolute Gasteiger partial charge is 0.152 e. The number of nitrogens with one attached hydrogen (secondary N) is 1. The van der Waals surface area contributed by atoms with Crippen molar-refractivity contribution in [2.24, 2.45) is 5.73 Å². The summed E-state index contributed by atoms with van der Waals surface area (Å²) in [5, 5.41) is 15.5. The van der Waals surface area contributed by atoms with Gasteiger partial charge >= 0.3 is 0 Å². The van der Waals surface area contributed by atoms with E-state index >= 15 is 0 Å². The molecule has 0 bridgehead atoms. The molecule has 1 aliphatic heterocycles. The summed E-state index contributed by atoms with van der Waals surface area (Å²) in [5.41, 5.74) is 7.31. The molecule has 7 heteroatoms. The number of benzene rings is 1. The van der Waals surface area contributed by atoms with E-state index in [-0.39, 0.29) is 5.84 Å². The Morgan fingerprint density at radius 1 is 1.37 bits per heavy atom. The van der Waals surface area contributed by atoms with Gasteiger partial charge in [0.15, 0.2) is 5.82 Å². The molecule has 1 aromatic carbocycles. The van der Waals surface area contributed by atoms with E-state index in [4.69, 9.17) is 11.1 Å². The van der Waals surface area contributed by atoms with Crippen LogP contribution in [-0.2, 0) is 13.1 Å². The second kappa shape index (κ2) is 4.65. The summed E-state index contributed by atoms with van der Waals surface area (Å²) in [6.07, 6.45) is 1.77. The van der Waals surface area contributed by atoms with Crippen molar-refractivity contribution in [1.82, 2.24) is 14.8 Å². The van der Waals surface area contributed by atoms with Crippen molar-refractivity contribution in [3.8, 4) is 0 Å². The molecule has 0 fully saturated rings. The Kier molecular flexibility index (Phi) is 2.98. The molecule has 0 radical (unpaired) electrons. The number of amidine groups is 1. The topological polar surface area (TPSA) is 83.8 Å². The zero-order valence-electron chi connectivity index (χ0n) is 10.2. The average molecular weight is 321 g/mol. The predicted octanol–water partition coefficient (Wildman–Crippen LogP) is 1.34. The maximum atomic E-state index is 7.48. The van der Waals surface area contributed by atoms with E-state index < -0.39 is 0 Å². The Bertz CT molecular complexity index is 635. The van der Waals surface area contributed by atoms with Crippen molar-refractivity contribution in [2.75, 3.05) is 11.4 Å². The first kappa shape index (κ1) is 12.2. The van der Waals surface area contributed by atoms with Crippen LogP contribution < -0.4 is 10.6 Å². The molecule has 0 spiro atoms. The van der Waals surface area contributed by atoms with E-state index in [2.05, 4.69) is 35.6 Å². The molecule has 2 aromatic rings. The molecule has 0 amide bonds. The number of hydrogen-bond acceptors (Lipinski definition) is 4. The number of fused-ring (bicyclic) bond motifs is 1. The summed E-state index contributed by atoms with van der Waals surface area (Å²) < 4.78 is 2.90. The van der Waals surface area contributed by atoms with Gasteiger partial charge in [0.2, 0.25) is 0 Å². The number of hydrogen-bond donors (Lipinski definition) is 2. The summed E-state index contributed by atoms with van der Waals surface area (Å²) in [6, 6.07) is 5.83. The highest BCUT2D eigenvalue weighted by atomic mass is 79.9. The largest absolute Gasteiger partial charge is 0.384 e. The first-order chi connectivity index (χ1) is 9.15. The first-order valence-electron chi connectivity index (χ1n) is 5.91. The van der Waals surface area contributed by atoms with Gasteiger partial charge in [0, 0.05) is 28.8 Å². The average Bonchev–Trinajstić information content (AvgIpc) is 2.85. The van der Waals surface area contributed by atoms with Gasteiger partial charge in [-0.3, -0.25) is 5.41 Å². The quantitative estimate of drug-likeness (QED) is 0.646. The fraction of sp³-hybridized carbons (Fsp3) is 0.250. The predicted molar refractivity (Wildman–Crippen MR) is 76.2 cm³/mol. The van der Waals surface area contributed by atoms with E-state index in [1.807, 2.05) is 18.2 Å². The lowest BCUT2D eigenvalue weighted by molar-refractivity contribution is 0.560. The van der Waals surface area contributed by atoms with Gasteiger partial charge in [-0.25, -0.2) is 0 Å². The number of anilines is 1. The molecule has 0 saturated heterocycles. The Morgan fingerprint density at radius 2 is 2.21 bits per heavy atom. The molecule has 19 heavy (non-hydrogen) atoms. The van der Waals surface area contributed by atoms with Crippen molar-refractivity contribution in [3.63, 3.8) is 0 Å². The van der Waals surface area contributed by atoms with Gasteiger partial charge in [-0.15, -0.1) is 10.2 Å². The minimum atomic E-state index is 0.0665. The summed E-state index contributed by atoms with van der Waals surface area (Å²) >= 11 is 3.46. The monoisotopic (exact) mass is 320 g/mol. The normalized spacial score (nSPS) is 14.3. The van der Waals surface area contributed by atoms with E-state index in [1.165, 1.54) is 0 Å². The molecule has 1 aromatic heterocycles. The third-order valence-corrected chi connectivity index (χ3v) is 3.90. The number of nitrogen functional groups attached to an aromatic ring is 1. The van der Waals surface area contributed by atoms with E-state index in [1.54, 1.807) is 6.33 Å². The zero-order valence-corrected chi connectivity index (χ0v) is 11.8. The van der Waals surface area contributed by atoms with Gasteiger partial charge < -0.3 is 15.2 Å². The maximum Gasteiger partial charge on any atom is 0.152 e. The van der Waals surface area contributed by atoms with Gasteiger partial charge in [0.25, 0.3) is 0 Å². The third kappa shape index (κ3) is 2.21. The molecule has 3 rings (SSSR count). The number of halogens is 1. The second-order valence-electron chi connectivity index (χ2n) is 4.44. The molecule has 0 unspecified atom stereocenters. The third-order valence-electron chi connectivity index (χ3n) is 3.25. The zero-order chi connectivity index (χ0) is 13.4. The molecule has 3 N–H and O–H groups in total. The summed E-state index contributed by atoms with van der Waals surface area (Å²) in [7, 11) is 0. The fourth-order valence-electron chi connectivity index (χ4n) is 2.21. The molecule has 98 valence electrons. The van der Waals surface area contributed by atoms with Crippen LogP contribution in [0.15, 0.2) is 29.0 Å². The van der Waals surface area contributed by atoms with Crippen LogP contribution in [0.3, 0.4) is 0 Å². The van der Waals surface area contributed by atoms with Crippen molar-refractivity contribution < 1.29 is 0 Å². The van der Waals surface area contributed by atoms with Crippen molar-refractivity contribution in [1.29, 1.82) is 5.41 Å². The fourth-order valence-corrected chi connectivity index (χ4v) is 2.79. The van der Waals surface area contributed by atoms with Crippen molar-refractivity contribution in [2.45, 2.75) is 13.1 Å². The second-order valence-corrected chi connectivity index (χ2v) is 5.29. The molecule has 0 saturated carbocycles. The molecule has 2 heterocycles. The summed E-state index contributed by atoms with van der Waals surface area (Å²) in [5.74, 6) is 1.04. The summed E-state index contributed by atoms with van der Waals surface area (Å²) in [6.45, 7) is 2.54. The highest BCUT2D eigenvalue weighted by Gasteiger charge is 2.18. The van der Waals surface area contributed by atoms with Crippen LogP contribution in [0.5, 0.6) is 0 Å². The van der Waals surface area contributed by atoms with E-state index in [0.29, 0.717) is 5.56 Å². The van der Waals surface area contributed by atoms with Crippen LogP contribution >= 0.6 is 15.9 Å². The minimum Gasteiger partial charge on any atom is -0.384 e. The Balaban J connectivity index is 1.88. The van der Waals surface area contributed by atoms with E-state index in [0.717, 1.165) is 35.6 Å². The lowest BCUT2D eigenvalue weighted by Gasteiger charge is -2.29. The van der Waals surface area contributed by atoms with Crippen LogP contribution in [0.25, 0.3) is 0 Å². The standard InChI is InChI=1S/C12H13BrN6/c13-10-5-8(1-2-9(10)12(14)15)18-3-4-19-7-16-17-11(19)6-18/h1-2,5,7H,3-4,6H2,(H3,14,15). The highest BCUT2D eigenvalue weighted by molar-refractivity contribution is 9.10. The number of nitrogens with two attached hydrogens (primary N) is 1. The first-order valence-corrected chi connectivity index (χ1v) is 6.70. The van der Waals surface area contributed by atoms with Gasteiger partial charge in [-0.2, -0.15) is 0 Å². The van der Waals surface area contributed by atoms with Crippen LogP contribution in [0.4, 0.5) is 5.69 Å². The van der Waals surface area contributed by atoms with Gasteiger partial charge in [0.05, 0.1) is 6.54 Å². The van der Waals surface area contributed by atoms with Gasteiger partial charge in [0.1, 0.15) is 12.2 Å². The van der Waals surface area contributed by atoms with E-state index in [9.17, 15) is 0 Å². The van der Waals surface area contributed by atoms with Crippen molar-refractivity contribution >= 4 is 27.5 Å². The van der Waals surface area contributed by atoms with Gasteiger partial charge in [-0.05, 0) is 34.1 Å². The molecule has 1 aliphatic rings. The lowest BCUT2D eigenvalue weighted by atomic mass is 10.1. The Hall–Kier alpha value is -1.89. The number of rotatable bonds is 2. The highest BCUT2D eigenvalue weighted by Crippen LogP contribution is 2.26. The molecular formula is C12H13BrN6. The van der Waals surface area contributed by atoms with Crippen molar-refractivity contribution in [3.05, 3.63) is 40.4 Å². The maximum absolute atomic E-state index is 7.48. The van der Waals surface area contributed by atoms with Gasteiger partial charge in [-0.1, -0.05) is 0 Å². The SMILES string of the molecule is N=C(N)c1ccc(N2CCn3cnnc3C2)cc1Br. The minimum absolute atomic E-state index is 0.0665. The van der Waals surface area contributed by atoms with Crippen LogP contribution in [0.2, 0.25) is 0 Å². The summed E-state index contributed by atoms with van der Waals surface area (Å²) in [4.78, 5) is 2.23. The number of aromatic nitrogens is 3. The lowest BCUT2D eigenvalue weighted by Crippen LogP contribution is -2.33. The number of nitrogens with zero attached hydrogens (tertiary/aromatic N) is 4. The molecule has 0 aliphatic carbocycles. The Morgan fingerprint density at radius 3 is 2.95 bits per heavy atom.